The van der Waals surface area contributed by atoms with Gasteiger partial charge >= 0.3 is 5.69 Å². The van der Waals surface area contributed by atoms with Crippen molar-refractivity contribution in [3.05, 3.63) is 32.6 Å². The van der Waals surface area contributed by atoms with E-state index in [0.717, 1.165) is 26.2 Å². The van der Waals surface area contributed by atoms with Crippen molar-refractivity contribution >= 4 is 0 Å². The summed E-state index contributed by atoms with van der Waals surface area (Å²) in [7, 11) is 0. The maximum Gasteiger partial charge on any atom is 0.330 e. The molecule has 26 heavy (non-hydrogen) atoms. The van der Waals surface area contributed by atoms with Gasteiger partial charge in [0.15, 0.2) is 0 Å². The van der Waals surface area contributed by atoms with Crippen LogP contribution in [0.5, 0.6) is 0 Å². The van der Waals surface area contributed by atoms with Crippen LogP contribution >= 0.6 is 0 Å². The third-order valence-electron chi connectivity index (χ3n) is 4.97. The number of hydrogen-bond donors (Lipinski definition) is 3. The molecule has 0 radical (unpaired) electrons. The second-order valence-electron chi connectivity index (χ2n) is 6.73. The predicted molar refractivity (Wildman–Crippen MR) is 90.6 cm³/mol. The molecule has 0 amide bonds. The first-order chi connectivity index (χ1) is 12.5. The number of halogens is 1. The molecule has 2 aliphatic rings. The minimum atomic E-state index is -1.35. The molecule has 0 aliphatic carbocycles. The zero-order valence-electron chi connectivity index (χ0n) is 14.5. The molecule has 0 unspecified atom stereocenters. The molecule has 2 aliphatic heterocycles. The van der Waals surface area contributed by atoms with Crippen molar-refractivity contribution in [2.75, 3.05) is 45.9 Å². The number of aromatic nitrogens is 2. The van der Waals surface area contributed by atoms with Crippen LogP contribution in [0.3, 0.4) is 0 Å². The highest BCUT2D eigenvalue weighted by Gasteiger charge is 2.36. The molecule has 146 valence electrons. The summed E-state index contributed by atoms with van der Waals surface area (Å²) in [5, 5.41) is 18.1. The Morgan fingerprint density at radius 2 is 1.88 bits per heavy atom. The van der Waals surface area contributed by atoms with Crippen molar-refractivity contribution in [1.29, 1.82) is 0 Å². The summed E-state index contributed by atoms with van der Waals surface area (Å²) in [6.45, 7) is 3.76. The molecule has 9 nitrogen and oxygen atoms in total. The number of H-pyrrole nitrogens is 1. The van der Waals surface area contributed by atoms with E-state index >= 15 is 0 Å². The van der Waals surface area contributed by atoms with E-state index in [1.807, 2.05) is 0 Å². The molecule has 0 bridgehead atoms. The van der Waals surface area contributed by atoms with Crippen LogP contribution in [-0.4, -0.2) is 87.8 Å². The maximum atomic E-state index is 13.8. The number of β-amino-alcohol motifs (C(OH)–C–C–N with tert-alkyl or cyclic N) is 1. The quantitative estimate of drug-likeness (QED) is 0.544. The van der Waals surface area contributed by atoms with Gasteiger partial charge in [-0.15, -0.1) is 0 Å². The van der Waals surface area contributed by atoms with Crippen molar-refractivity contribution in [2.45, 2.75) is 31.5 Å². The van der Waals surface area contributed by atoms with Gasteiger partial charge in [0.2, 0.25) is 0 Å². The summed E-state index contributed by atoms with van der Waals surface area (Å²) in [6, 6.07) is 0. The Hall–Kier alpha value is -1.59. The minimum absolute atomic E-state index is 0.0452. The predicted octanol–water partition coefficient (Wildman–Crippen LogP) is -1.74. The van der Waals surface area contributed by atoms with Crippen molar-refractivity contribution in [1.82, 2.24) is 19.4 Å². The third-order valence-corrected chi connectivity index (χ3v) is 4.97. The number of aliphatic hydroxyl groups excluding tert-OH is 2. The van der Waals surface area contributed by atoms with Gasteiger partial charge in [0, 0.05) is 57.4 Å². The SMILES string of the molecule is O=c1[nH]c(=O)n([C@H]2C[C@H](F)[C@@H](CO)O2)cc1CN1CCN(CCO)CC1. The highest BCUT2D eigenvalue weighted by Crippen LogP contribution is 2.29. The number of rotatable bonds is 6. The Bertz CT molecular complexity index is 715. The van der Waals surface area contributed by atoms with Gasteiger partial charge in [0.25, 0.3) is 5.56 Å². The fourth-order valence-electron chi connectivity index (χ4n) is 3.43. The number of hydrogen-bond acceptors (Lipinski definition) is 7. The lowest BCUT2D eigenvalue weighted by Gasteiger charge is -2.34. The van der Waals surface area contributed by atoms with Crippen molar-refractivity contribution in [3.63, 3.8) is 0 Å². The number of nitrogens with zero attached hydrogens (tertiary/aromatic N) is 3. The molecule has 0 spiro atoms. The van der Waals surface area contributed by atoms with Crippen LogP contribution in [0.15, 0.2) is 15.8 Å². The summed E-state index contributed by atoms with van der Waals surface area (Å²) in [4.78, 5) is 30.7. The average Bonchev–Trinajstić information content (AvgIpc) is 2.99. The zero-order chi connectivity index (χ0) is 18.7. The van der Waals surface area contributed by atoms with Crippen LogP contribution in [-0.2, 0) is 11.3 Å². The molecule has 3 N–H and O–H groups in total. The molecule has 3 rings (SSSR count). The van der Waals surface area contributed by atoms with Crippen LogP contribution in [0.1, 0.15) is 18.2 Å². The van der Waals surface area contributed by atoms with Crippen molar-refractivity contribution in [2.24, 2.45) is 0 Å². The summed E-state index contributed by atoms with van der Waals surface area (Å²) < 4.78 is 20.4. The first-order valence-electron chi connectivity index (χ1n) is 8.82. The van der Waals surface area contributed by atoms with Crippen molar-refractivity contribution < 1.29 is 19.3 Å². The van der Waals surface area contributed by atoms with Gasteiger partial charge in [0.1, 0.15) is 18.5 Å². The summed E-state index contributed by atoms with van der Waals surface area (Å²) in [5.74, 6) is 0. The number of alkyl halides is 1. The Morgan fingerprint density at radius 3 is 2.50 bits per heavy atom. The topological polar surface area (TPSA) is 111 Å². The first-order valence-corrected chi connectivity index (χ1v) is 8.82. The van der Waals surface area contributed by atoms with Gasteiger partial charge in [-0.2, -0.15) is 0 Å². The average molecular weight is 372 g/mol. The van der Waals surface area contributed by atoms with E-state index < -0.39 is 36.4 Å². The van der Waals surface area contributed by atoms with E-state index in [1.54, 1.807) is 0 Å². The van der Waals surface area contributed by atoms with Gasteiger partial charge in [0.05, 0.1) is 13.2 Å². The molecular formula is C16H25FN4O5. The highest BCUT2D eigenvalue weighted by molar-refractivity contribution is 5.06. The largest absolute Gasteiger partial charge is 0.395 e. The summed E-state index contributed by atoms with van der Waals surface area (Å²) in [6.07, 6.45) is -1.77. The van der Waals surface area contributed by atoms with Crippen LogP contribution in [0, 0.1) is 0 Å². The van der Waals surface area contributed by atoms with Gasteiger partial charge in [-0.05, 0) is 0 Å². The number of aliphatic hydroxyl groups is 2. The van der Waals surface area contributed by atoms with E-state index in [1.165, 1.54) is 10.8 Å². The van der Waals surface area contributed by atoms with Crippen LogP contribution in [0.2, 0.25) is 0 Å². The standard InChI is InChI=1S/C16H25FN4O5/c17-12-7-14(26-13(12)10-23)21-9-11(15(24)18-16(21)25)8-20-3-1-19(2-4-20)5-6-22/h9,12-14,22-23H,1-8,10H2,(H,18,24,25)/t12-,13+,14+/m0/s1. The third kappa shape index (κ3) is 4.21. The lowest BCUT2D eigenvalue weighted by atomic mass is 10.2. The molecule has 2 saturated heterocycles. The molecular weight excluding hydrogens is 347 g/mol. The molecule has 1 aromatic heterocycles. The molecule has 0 aromatic carbocycles. The van der Waals surface area contributed by atoms with E-state index in [2.05, 4.69) is 14.8 Å². The molecule has 0 saturated carbocycles. The van der Waals surface area contributed by atoms with E-state index in [9.17, 15) is 14.0 Å². The van der Waals surface area contributed by atoms with Gasteiger partial charge < -0.3 is 14.9 Å². The summed E-state index contributed by atoms with van der Waals surface area (Å²) >= 11 is 0. The second-order valence-corrected chi connectivity index (χ2v) is 6.73. The van der Waals surface area contributed by atoms with E-state index in [0.29, 0.717) is 18.7 Å². The molecule has 10 heteroatoms. The van der Waals surface area contributed by atoms with E-state index in [4.69, 9.17) is 14.9 Å². The lowest BCUT2D eigenvalue weighted by molar-refractivity contribution is -0.0357. The minimum Gasteiger partial charge on any atom is -0.395 e. The van der Waals surface area contributed by atoms with Gasteiger partial charge in [-0.1, -0.05) is 0 Å². The smallest absolute Gasteiger partial charge is 0.330 e. The number of aromatic amines is 1. The molecule has 1 aromatic rings. The van der Waals surface area contributed by atoms with Crippen LogP contribution in [0.25, 0.3) is 0 Å². The lowest BCUT2D eigenvalue weighted by Crippen LogP contribution is -2.47. The number of ether oxygens (including phenoxy) is 1. The highest BCUT2D eigenvalue weighted by atomic mass is 19.1. The number of nitrogens with one attached hydrogen (secondary N) is 1. The molecule has 3 atom stereocenters. The Morgan fingerprint density at radius 1 is 1.19 bits per heavy atom. The Balaban J connectivity index is 1.71. The zero-order valence-corrected chi connectivity index (χ0v) is 14.5. The first kappa shape index (κ1) is 19.2. The van der Waals surface area contributed by atoms with Gasteiger partial charge in [-0.3, -0.25) is 24.1 Å². The number of piperazine rings is 1. The molecule has 2 fully saturated rings. The van der Waals surface area contributed by atoms with Gasteiger partial charge in [-0.25, -0.2) is 9.18 Å². The molecule has 3 heterocycles. The second kappa shape index (κ2) is 8.40. The van der Waals surface area contributed by atoms with Crippen LogP contribution < -0.4 is 11.2 Å². The Kier molecular flexibility index (Phi) is 6.20. The Labute approximate surface area is 149 Å². The fourth-order valence-corrected chi connectivity index (χ4v) is 3.43. The summed E-state index contributed by atoms with van der Waals surface area (Å²) in [5.41, 5.74) is -0.702. The monoisotopic (exact) mass is 372 g/mol. The van der Waals surface area contributed by atoms with E-state index in [-0.39, 0.29) is 13.0 Å². The van der Waals surface area contributed by atoms with Crippen LogP contribution in [0.4, 0.5) is 4.39 Å². The normalized spacial score (nSPS) is 27.9. The maximum absolute atomic E-state index is 13.8. The fraction of sp³-hybridized carbons (Fsp3) is 0.750. The van der Waals surface area contributed by atoms with Crippen molar-refractivity contribution in [3.8, 4) is 0 Å².